The lowest BCUT2D eigenvalue weighted by atomic mass is 10.3. The van der Waals surface area contributed by atoms with Gasteiger partial charge in [-0.2, -0.15) is 32.9 Å². The normalized spacial score (nSPS) is 16.9. The summed E-state index contributed by atoms with van der Waals surface area (Å²) in [5.41, 5.74) is 0. The number of phenolic OH excluding ortho intramolecular Hbond substituents is 1. The summed E-state index contributed by atoms with van der Waals surface area (Å²) >= 11 is 1.45. The second kappa shape index (κ2) is 12.3. The summed E-state index contributed by atoms with van der Waals surface area (Å²) in [5.74, 6) is -0.190. The minimum Gasteiger partial charge on any atom is -0.508 e. The van der Waals surface area contributed by atoms with E-state index in [2.05, 4.69) is 0 Å². The van der Waals surface area contributed by atoms with E-state index >= 15 is 0 Å². The molecule has 16 heteroatoms. The molecule has 0 amide bonds. The summed E-state index contributed by atoms with van der Waals surface area (Å²) in [7, 11) is -11.5. The van der Waals surface area contributed by atoms with Gasteiger partial charge in [0.05, 0.1) is 12.0 Å². The highest BCUT2D eigenvalue weighted by Crippen LogP contribution is 2.28. The lowest BCUT2D eigenvalue weighted by Gasteiger charge is -2.26. The molecule has 0 aliphatic carbocycles. The average molecular weight is 644 g/mol. The monoisotopic (exact) mass is 643 g/mol. The minimum atomic E-state index is -4.38. The first-order chi connectivity index (χ1) is 19.3. The van der Waals surface area contributed by atoms with E-state index in [4.69, 9.17) is 13.1 Å². The van der Waals surface area contributed by atoms with Crippen LogP contribution >= 0.6 is 11.8 Å². The van der Waals surface area contributed by atoms with Crippen molar-refractivity contribution in [1.82, 2.24) is 4.31 Å². The van der Waals surface area contributed by atoms with E-state index in [-0.39, 0.29) is 44.2 Å². The molecular formula is C25H25NO11S4. The van der Waals surface area contributed by atoms with Gasteiger partial charge < -0.3 is 18.2 Å². The molecule has 1 heterocycles. The number of nitrogens with zero attached hydrogens (tertiary/aromatic N) is 1. The molecule has 0 aromatic heterocycles. The molecule has 12 nitrogen and oxygen atoms in total. The zero-order valence-corrected chi connectivity index (χ0v) is 24.7. The summed E-state index contributed by atoms with van der Waals surface area (Å²) in [5, 5.41) is 9.32. The zero-order valence-electron chi connectivity index (χ0n) is 21.4. The molecule has 0 unspecified atom stereocenters. The number of methoxy groups -OCH3 is 1. The topological polar surface area (TPSA) is 171 Å². The number of sulfonamides is 1. The van der Waals surface area contributed by atoms with Gasteiger partial charge in [0.2, 0.25) is 10.0 Å². The second-order valence-electron chi connectivity index (χ2n) is 8.59. The Balaban J connectivity index is 1.47. The molecule has 1 fully saturated rings. The molecule has 4 rings (SSSR count). The number of hydrogen-bond acceptors (Lipinski definition) is 12. The minimum absolute atomic E-state index is 0.123. The zero-order chi connectivity index (χ0) is 29.8. The lowest BCUT2D eigenvalue weighted by Crippen LogP contribution is -2.46. The maximum Gasteiger partial charge on any atom is 0.339 e. The van der Waals surface area contributed by atoms with Gasteiger partial charge >= 0.3 is 26.2 Å². The highest BCUT2D eigenvalue weighted by Gasteiger charge is 2.37. The number of hydrogen-bond donors (Lipinski definition) is 1. The third-order valence-corrected chi connectivity index (χ3v) is 11.4. The van der Waals surface area contributed by atoms with Crippen LogP contribution in [-0.2, 0) is 39.8 Å². The fourth-order valence-electron chi connectivity index (χ4n) is 3.79. The van der Waals surface area contributed by atoms with Gasteiger partial charge in [-0.3, -0.25) is 4.79 Å². The number of phenols is 1. The molecule has 3 aromatic carbocycles. The average Bonchev–Trinajstić information content (AvgIpc) is 3.20. The molecule has 3 aromatic rings. The van der Waals surface area contributed by atoms with Gasteiger partial charge in [0.25, 0.3) is 0 Å². The SMILES string of the molecule is COC(=O)[C@H]1CSCCCN1S(=O)(=O)c1ccc(OS(=O)(=O)c2ccc(OS(=O)(=O)c3ccc(O)cc3)cc2)cc1. The van der Waals surface area contributed by atoms with Crippen LogP contribution in [0.1, 0.15) is 6.42 Å². The number of thioether (sulfide) groups is 1. The highest BCUT2D eigenvalue weighted by molar-refractivity contribution is 7.99. The summed E-state index contributed by atoms with van der Waals surface area (Å²) in [6, 6.07) is 12.8. The smallest absolute Gasteiger partial charge is 0.339 e. The molecule has 0 bridgehead atoms. The number of esters is 1. The Labute approximate surface area is 242 Å². The molecule has 41 heavy (non-hydrogen) atoms. The predicted molar refractivity (Wildman–Crippen MR) is 148 cm³/mol. The first kappa shape index (κ1) is 30.6. The van der Waals surface area contributed by atoms with Crippen molar-refractivity contribution in [1.29, 1.82) is 0 Å². The molecule has 1 N–H and O–H groups in total. The van der Waals surface area contributed by atoms with E-state index in [1.54, 1.807) is 0 Å². The molecule has 1 saturated heterocycles. The number of carbonyl (C=O) groups is 1. The van der Waals surface area contributed by atoms with E-state index in [0.717, 1.165) is 40.7 Å². The van der Waals surface area contributed by atoms with E-state index < -0.39 is 42.3 Å². The Morgan fingerprint density at radius 3 is 1.73 bits per heavy atom. The lowest BCUT2D eigenvalue weighted by molar-refractivity contribution is -0.144. The van der Waals surface area contributed by atoms with Gasteiger partial charge in [-0.25, -0.2) is 8.42 Å². The maximum atomic E-state index is 13.3. The summed E-state index contributed by atoms with van der Waals surface area (Å²) < 4.78 is 93.0. The van der Waals surface area contributed by atoms with Gasteiger partial charge in [0.1, 0.15) is 33.1 Å². The van der Waals surface area contributed by atoms with Crippen LogP contribution in [0.5, 0.6) is 17.2 Å². The summed E-state index contributed by atoms with van der Waals surface area (Å²) in [4.78, 5) is 11.6. The Bertz CT molecular complexity index is 1710. The molecule has 1 aliphatic heterocycles. The molecule has 1 atom stereocenters. The Kier molecular flexibility index (Phi) is 9.18. The maximum absolute atomic E-state index is 13.3. The van der Waals surface area contributed by atoms with Crippen LogP contribution in [0.2, 0.25) is 0 Å². The van der Waals surface area contributed by atoms with E-state index in [1.807, 2.05) is 0 Å². The van der Waals surface area contributed by atoms with Crippen LogP contribution in [0.4, 0.5) is 0 Å². The first-order valence-corrected chi connectivity index (χ1v) is 17.3. The first-order valence-electron chi connectivity index (χ1n) is 11.9. The second-order valence-corrected chi connectivity index (χ2v) is 14.7. The van der Waals surface area contributed by atoms with Crippen LogP contribution in [0.3, 0.4) is 0 Å². The van der Waals surface area contributed by atoms with Gasteiger partial charge in [-0.15, -0.1) is 0 Å². The van der Waals surface area contributed by atoms with Crippen molar-refractivity contribution in [3.05, 3.63) is 72.8 Å². The van der Waals surface area contributed by atoms with E-state index in [0.29, 0.717) is 12.2 Å². The Hall–Kier alpha value is -3.31. The predicted octanol–water partition coefficient (Wildman–Crippen LogP) is 2.60. The molecule has 220 valence electrons. The van der Waals surface area contributed by atoms with Gasteiger partial charge in [0.15, 0.2) is 0 Å². The van der Waals surface area contributed by atoms with Gasteiger partial charge in [0, 0.05) is 12.3 Å². The van der Waals surface area contributed by atoms with Gasteiger partial charge in [-0.05, 0) is 85.0 Å². The molecule has 0 saturated carbocycles. The van der Waals surface area contributed by atoms with Crippen LogP contribution in [0.25, 0.3) is 0 Å². The third kappa shape index (κ3) is 7.13. The van der Waals surface area contributed by atoms with E-state index in [9.17, 15) is 35.2 Å². The summed E-state index contributed by atoms with van der Waals surface area (Å²) in [6.45, 7) is 0.123. The molecule has 0 spiro atoms. The molecule has 0 radical (unpaired) electrons. The number of rotatable bonds is 9. The molecule has 1 aliphatic rings. The quantitative estimate of drug-likeness (QED) is 0.267. The highest BCUT2D eigenvalue weighted by atomic mass is 32.2. The van der Waals surface area contributed by atoms with Crippen LogP contribution < -0.4 is 8.37 Å². The third-order valence-electron chi connectivity index (χ3n) is 5.84. The fourth-order valence-corrected chi connectivity index (χ4v) is 8.40. The number of aromatic hydroxyl groups is 1. The number of carbonyl (C=O) groups excluding carboxylic acids is 1. The van der Waals surface area contributed by atoms with Crippen molar-refractivity contribution in [2.45, 2.75) is 27.1 Å². The Morgan fingerprint density at radius 2 is 1.24 bits per heavy atom. The van der Waals surface area contributed by atoms with Crippen molar-refractivity contribution in [3.63, 3.8) is 0 Å². The Morgan fingerprint density at radius 1 is 0.780 bits per heavy atom. The fraction of sp³-hybridized carbons (Fsp3) is 0.240. The summed E-state index contributed by atoms with van der Waals surface area (Å²) in [6.07, 6.45) is 0.545. The largest absolute Gasteiger partial charge is 0.508 e. The number of benzene rings is 3. The van der Waals surface area contributed by atoms with Crippen molar-refractivity contribution < 1.29 is 48.3 Å². The van der Waals surface area contributed by atoms with Crippen LogP contribution in [-0.4, -0.2) is 71.8 Å². The van der Waals surface area contributed by atoms with Crippen LogP contribution in [0, 0.1) is 0 Å². The number of ether oxygens (including phenoxy) is 1. The van der Waals surface area contributed by atoms with E-state index in [1.165, 1.54) is 55.3 Å². The van der Waals surface area contributed by atoms with Crippen molar-refractivity contribution in [3.8, 4) is 17.2 Å². The van der Waals surface area contributed by atoms with Gasteiger partial charge in [-0.1, -0.05) is 0 Å². The standard InChI is InChI=1S/C25H25NO11S4/c1-35-25(28)24-17-38-16-2-15-26(24)39(29,30)21-11-5-19(6-12-21)36-41(33,34)23-13-7-20(8-14-23)37-40(31,32)22-9-3-18(27)4-10-22/h3-14,24,27H,2,15-17H2,1H3/t24-/m1/s1. The molecular weight excluding hydrogens is 619 g/mol. The van der Waals surface area contributed by atoms with Crippen molar-refractivity contribution in [2.24, 2.45) is 0 Å². The van der Waals surface area contributed by atoms with Crippen molar-refractivity contribution >= 4 is 48.0 Å². The van der Waals surface area contributed by atoms with Crippen molar-refractivity contribution in [2.75, 3.05) is 25.2 Å². The van der Waals surface area contributed by atoms with Crippen LogP contribution in [0.15, 0.2) is 87.5 Å².